The van der Waals surface area contributed by atoms with Crippen molar-refractivity contribution in [2.24, 2.45) is 0 Å². The van der Waals surface area contributed by atoms with Gasteiger partial charge < -0.3 is 9.52 Å². The average molecular weight is 207 g/mol. The SMILES string of the molecule is O=c1oc2ccccc2n1CCCCO. The summed E-state index contributed by atoms with van der Waals surface area (Å²) < 4.78 is 6.68. The second kappa shape index (κ2) is 4.31. The lowest BCUT2D eigenvalue weighted by atomic mass is 10.3. The number of rotatable bonds is 4. The van der Waals surface area contributed by atoms with Gasteiger partial charge in [0.05, 0.1) is 5.52 Å². The van der Waals surface area contributed by atoms with Gasteiger partial charge in [-0.3, -0.25) is 4.57 Å². The molecule has 0 amide bonds. The lowest BCUT2D eigenvalue weighted by Gasteiger charge is -1.99. The van der Waals surface area contributed by atoms with Crippen molar-refractivity contribution in [3.05, 3.63) is 34.8 Å². The van der Waals surface area contributed by atoms with Crippen LogP contribution >= 0.6 is 0 Å². The van der Waals surface area contributed by atoms with E-state index in [2.05, 4.69) is 0 Å². The lowest BCUT2D eigenvalue weighted by Crippen LogP contribution is -2.14. The second-order valence-electron chi connectivity index (χ2n) is 3.42. The van der Waals surface area contributed by atoms with Crippen molar-refractivity contribution in [2.45, 2.75) is 19.4 Å². The number of fused-ring (bicyclic) bond motifs is 1. The number of aliphatic hydroxyl groups is 1. The molecule has 0 aliphatic carbocycles. The van der Waals surface area contributed by atoms with Gasteiger partial charge in [0, 0.05) is 13.2 Å². The molecule has 0 saturated carbocycles. The molecule has 0 bridgehead atoms. The minimum absolute atomic E-state index is 0.157. The van der Waals surface area contributed by atoms with E-state index in [0.29, 0.717) is 18.5 Å². The van der Waals surface area contributed by atoms with Crippen LogP contribution in [0.25, 0.3) is 11.1 Å². The normalized spacial score (nSPS) is 11.0. The van der Waals surface area contributed by atoms with Crippen LogP contribution in [0.3, 0.4) is 0 Å². The van der Waals surface area contributed by atoms with Crippen molar-refractivity contribution >= 4 is 11.1 Å². The number of aryl methyl sites for hydroxylation is 1. The van der Waals surface area contributed by atoms with Crippen molar-refractivity contribution in [3.63, 3.8) is 0 Å². The highest BCUT2D eigenvalue weighted by Gasteiger charge is 2.06. The Bertz CT molecular complexity index is 498. The van der Waals surface area contributed by atoms with Gasteiger partial charge in [0.1, 0.15) is 0 Å². The van der Waals surface area contributed by atoms with Crippen LogP contribution in [-0.2, 0) is 6.54 Å². The summed E-state index contributed by atoms with van der Waals surface area (Å²) in [6, 6.07) is 7.35. The van der Waals surface area contributed by atoms with Gasteiger partial charge in [-0.25, -0.2) is 4.79 Å². The molecule has 1 aromatic heterocycles. The van der Waals surface area contributed by atoms with Crippen LogP contribution in [0.1, 0.15) is 12.8 Å². The van der Waals surface area contributed by atoms with E-state index in [1.807, 2.05) is 18.2 Å². The van der Waals surface area contributed by atoms with Gasteiger partial charge in [-0.2, -0.15) is 0 Å². The predicted molar refractivity (Wildman–Crippen MR) is 56.8 cm³/mol. The third-order valence-electron chi connectivity index (χ3n) is 2.36. The average Bonchev–Trinajstić information content (AvgIpc) is 2.56. The summed E-state index contributed by atoms with van der Waals surface area (Å²) in [7, 11) is 0. The topological polar surface area (TPSA) is 55.4 Å². The van der Waals surface area contributed by atoms with Gasteiger partial charge in [0.25, 0.3) is 0 Å². The summed E-state index contributed by atoms with van der Waals surface area (Å²) in [5.41, 5.74) is 1.44. The predicted octanol–water partition coefficient (Wildman–Crippen LogP) is 1.37. The highest BCUT2D eigenvalue weighted by molar-refractivity contribution is 5.72. The molecule has 0 fully saturated rings. The van der Waals surface area contributed by atoms with E-state index in [4.69, 9.17) is 9.52 Å². The molecule has 0 saturated heterocycles. The van der Waals surface area contributed by atoms with Crippen molar-refractivity contribution in [1.29, 1.82) is 0 Å². The Labute approximate surface area is 86.8 Å². The Morgan fingerprint density at radius 1 is 1.27 bits per heavy atom. The minimum Gasteiger partial charge on any atom is -0.408 e. The third-order valence-corrected chi connectivity index (χ3v) is 2.36. The first-order valence-corrected chi connectivity index (χ1v) is 5.02. The maximum absolute atomic E-state index is 11.5. The number of unbranched alkanes of at least 4 members (excludes halogenated alkanes) is 1. The number of aliphatic hydroxyl groups excluding tert-OH is 1. The van der Waals surface area contributed by atoms with Gasteiger partial charge >= 0.3 is 5.76 Å². The van der Waals surface area contributed by atoms with E-state index in [9.17, 15) is 4.79 Å². The van der Waals surface area contributed by atoms with Gasteiger partial charge in [0.15, 0.2) is 5.58 Å². The third kappa shape index (κ3) is 1.94. The van der Waals surface area contributed by atoms with Gasteiger partial charge in [-0.1, -0.05) is 12.1 Å². The Balaban J connectivity index is 2.33. The highest BCUT2D eigenvalue weighted by Crippen LogP contribution is 2.12. The van der Waals surface area contributed by atoms with Crippen LogP contribution in [0, 0.1) is 0 Å². The monoisotopic (exact) mass is 207 g/mol. The molecule has 0 aliphatic rings. The molecule has 0 radical (unpaired) electrons. The fourth-order valence-corrected chi connectivity index (χ4v) is 1.61. The molecule has 1 aromatic carbocycles. The fourth-order valence-electron chi connectivity index (χ4n) is 1.61. The van der Waals surface area contributed by atoms with Gasteiger partial charge in [0.2, 0.25) is 0 Å². The Morgan fingerprint density at radius 3 is 2.87 bits per heavy atom. The van der Waals surface area contributed by atoms with Crippen molar-refractivity contribution in [1.82, 2.24) is 4.57 Å². The largest absolute Gasteiger partial charge is 0.419 e. The Kier molecular flexibility index (Phi) is 2.87. The van der Waals surface area contributed by atoms with Crippen LogP contribution in [0.5, 0.6) is 0 Å². The second-order valence-corrected chi connectivity index (χ2v) is 3.42. The zero-order chi connectivity index (χ0) is 10.7. The van der Waals surface area contributed by atoms with Crippen LogP contribution < -0.4 is 5.76 Å². The quantitative estimate of drug-likeness (QED) is 0.770. The summed E-state index contributed by atoms with van der Waals surface area (Å²) in [6.45, 7) is 0.751. The first kappa shape index (κ1) is 9.98. The summed E-state index contributed by atoms with van der Waals surface area (Å²) >= 11 is 0. The highest BCUT2D eigenvalue weighted by atomic mass is 16.4. The molecule has 0 atom stereocenters. The van der Waals surface area contributed by atoms with E-state index in [0.717, 1.165) is 11.9 Å². The first-order valence-electron chi connectivity index (χ1n) is 5.02. The molecule has 2 rings (SSSR count). The number of oxazole rings is 1. The number of para-hydroxylation sites is 2. The summed E-state index contributed by atoms with van der Waals surface area (Å²) in [6.07, 6.45) is 1.48. The maximum Gasteiger partial charge on any atom is 0.419 e. The van der Waals surface area contributed by atoms with Gasteiger partial charge in [-0.15, -0.1) is 0 Å². The summed E-state index contributed by atoms with van der Waals surface area (Å²) in [5, 5.41) is 8.67. The van der Waals surface area contributed by atoms with E-state index in [-0.39, 0.29) is 12.4 Å². The number of nitrogens with zero attached hydrogens (tertiary/aromatic N) is 1. The Morgan fingerprint density at radius 2 is 2.07 bits per heavy atom. The number of hydrogen-bond donors (Lipinski definition) is 1. The number of hydrogen-bond acceptors (Lipinski definition) is 3. The van der Waals surface area contributed by atoms with Crippen LogP contribution in [-0.4, -0.2) is 16.3 Å². The molecule has 80 valence electrons. The molecular weight excluding hydrogens is 194 g/mol. The molecule has 15 heavy (non-hydrogen) atoms. The van der Waals surface area contributed by atoms with E-state index < -0.39 is 0 Å². The standard InChI is InChI=1S/C11H13NO3/c13-8-4-3-7-12-9-5-1-2-6-10(9)15-11(12)14/h1-2,5-6,13H,3-4,7-8H2. The maximum atomic E-state index is 11.5. The molecule has 4 heteroatoms. The molecule has 0 spiro atoms. The minimum atomic E-state index is -0.325. The van der Waals surface area contributed by atoms with E-state index in [1.165, 1.54) is 0 Å². The van der Waals surface area contributed by atoms with Crippen LogP contribution in [0.2, 0.25) is 0 Å². The Hall–Kier alpha value is -1.55. The summed E-state index contributed by atoms with van der Waals surface area (Å²) in [5.74, 6) is -0.325. The first-order chi connectivity index (χ1) is 7.33. The molecule has 2 aromatic rings. The van der Waals surface area contributed by atoms with Crippen molar-refractivity contribution in [3.8, 4) is 0 Å². The fraction of sp³-hybridized carbons (Fsp3) is 0.364. The molecule has 4 nitrogen and oxygen atoms in total. The van der Waals surface area contributed by atoms with E-state index >= 15 is 0 Å². The molecule has 1 heterocycles. The number of aromatic nitrogens is 1. The molecular formula is C11H13NO3. The zero-order valence-electron chi connectivity index (χ0n) is 8.35. The van der Waals surface area contributed by atoms with E-state index in [1.54, 1.807) is 10.6 Å². The molecule has 0 unspecified atom stereocenters. The van der Waals surface area contributed by atoms with Crippen LogP contribution in [0.4, 0.5) is 0 Å². The van der Waals surface area contributed by atoms with Gasteiger partial charge in [-0.05, 0) is 25.0 Å². The molecule has 1 N–H and O–H groups in total. The van der Waals surface area contributed by atoms with Crippen molar-refractivity contribution in [2.75, 3.05) is 6.61 Å². The smallest absolute Gasteiger partial charge is 0.408 e. The number of benzene rings is 1. The summed E-state index contributed by atoms with van der Waals surface area (Å²) in [4.78, 5) is 11.5. The lowest BCUT2D eigenvalue weighted by molar-refractivity contribution is 0.280. The molecule has 0 aliphatic heterocycles. The van der Waals surface area contributed by atoms with Crippen molar-refractivity contribution < 1.29 is 9.52 Å². The van der Waals surface area contributed by atoms with Crippen LogP contribution in [0.15, 0.2) is 33.5 Å². The zero-order valence-corrected chi connectivity index (χ0v) is 8.35.